The Bertz CT molecular complexity index is 773. The molecule has 1 aliphatic rings. The zero-order chi connectivity index (χ0) is 21.1. The smallest absolute Gasteiger partial charge is 0.416 e. The first kappa shape index (κ1) is 21.8. The molecule has 1 amide bonds. The third kappa shape index (κ3) is 5.74. The highest BCUT2D eigenvalue weighted by Gasteiger charge is 2.37. The maximum absolute atomic E-state index is 13.9. The van der Waals surface area contributed by atoms with Crippen molar-refractivity contribution < 1.29 is 31.8 Å². The Kier molecular flexibility index (Phi) is 6.41. The molecule has 1 fully saturated rings. The van der Waals surface area contributed by atoms with E-state index in [1.165, 1.54) is 4.90 Å². The molecule has 0 N–H and O–H groups in total. The number of hydrogen-bond donors (Lipinski definition) is 0. The van der Waals surface area contributed by atoms with Crippen LogP contribution in [-0.4, -0.2) is 41.8 Å². The Morgan fingerprint density at radius 1 is 1.32 bits per heavy atom. The second-order valence-electron chi connectivity index (χ2n) is 7.31. The molecule has 0 aromatic heterocycles. The van der Waals surface area contributed by atoms with Crippen LogP contribution in [0.15, 0.2) is 23.3 Å². The maximum atomic E-state index is 13.9. The van der Waals surface area contributed by atoms with E-state index in [9.17, 15) is 22.4 Å². The van der Waals surface area contributed by atoms with E-state index in [0.29, 0.717) is 6.07 Å². The van der Waals surface area contributed by atoms with Gasteiger partial charge in [0.1, 0.15) is 11.4 Å². The highest BCUT2D eigenvalue weighted by Crippen LogP contribution is 2.30. The highest BCUT2D eigenvalue weighted by molar-refractivity contribution is 5.68. The fourth-order valence-electron chi connectivity index (χ4n) is 2.61. The summed E-state index contributed by atoms with van der Waals surface area (Å²) in [5.41, 5.74) is 6.80. The predicted octanol–water partition coefficient (Wildman–Crippen LogP) is 4.66. The van der Waals surface area contributed by atoms with Gasteiger partial charge in [-0.05, 0) is 38.4 Å². The van der Waals surface area contributed by atoms with Crippen LogP contribution in [0.2, 0.25) is 0 Å². The maximum Gasteiger partial charge on any atom is 0.416 e. The van der Waals surface area contributed by atoms with Crippen LogP contribution in [0.3, 0.4) is 0 Å². The fourth-order valence-corrected chi connectivity index (χ4v) is 2.61. The van der Waals surface area contributed by atoms with E-state index in [-0.39, 0.29) is 25.3 Å². The number of amides is 1. The summed E-state index contributed by atoms with van der Waals surface area (Å²) in [6.45, 7) is 4.86. The minimum absolute atomic E-state index is 0.0425. The van der Waals surface area contributed by atoms with Crippen molar-refractivity contribution in [3.63, 3.8) is 0 Å². The summed E-state index contributed by atoms with van der Waals surface area (Å²) in [6, 6.07) is 1.41. The van der Waals surface area contributed by atoms with Gasteiger partial charge in [0, 0.05) is 17.0 Å². The second kappa shape index (κ2) is 8.24. The molecule has 28 heavy (non-hydrogen) atoms. The molecule has 1 heterocycles. The molecule has 7 nitrogen and oxygen atoms in total. The van der Waals surface area contributed by atoms with Gasteiger partial charge in [-0.25, -0.2) is 9.18 Å². The summed E-state index contributed by atoms with van der Waals surface area (Å²) in [6.07, 6.45) is -6.01. The number of likely N-dealkylation sites (tertiary alicyclic amines) is 1. The number of azide groups is 1. The first-order valence-corrected chi connectivity index (χ1v) is 8.40. The van der Waals surface area contributed by atoms with Gasteiger partial charge in [0.15, 0.2) is 0 Å². The molecule has 11 heteroatoms. The lowest BCUT2D eigenvalue weighted by Gasteiger charge is -2.24. The molecule has 1 saturated heterocycles. The zero-order valence-electron chi connectivity index (χ0n) is 15.5. The molecule has 0 aliphatic carbocycles. The number of hydrogen-bond acceptors (Lipinski definition) is 4. The van der Waals surface area contributed by atoms with Crippen molar-refractivity contribution in [3.8, 4) is 0 Å². The third-order valence-corrected chi connectivity index (χ3v) is 3.92. The van der Waals surface area contributed by atoms with Crippen LogP contribution in [0.5, 0.6) is 0 Å². The van der Waals surface area contributed by atoms with Crippen LogP contribution in [0.25, 0.3) is 10.4 Å². The predicted molar refractivity (Wildman–Crippen MR) is 90.7 cm³/mol. The van der Waals surface area contributed by atoms with Crippen molar-refractivity contribution in [2.75, 3.05) is 13.1 Å². The molecular formula is C17H20F4N4O3. The van der Waals surface area contributed by atoms with Crippen molar-refractivity contribution in [2.45, 2.75) is 51.3 Å². The normalized spacial score (nSPS) is 20.0. The second-order valence-corrected chi connectivity index (χ2v) is 7.31. The Hall–Kier alpha value is -2.52. The van der Waals surface area contributed by atoms with Crippen LogP contribution < -0.4 is 0 Å². The largest absolute Gasteiger partial charge is 0.444 e. The molecule has 0 radical (unpaired) electrons. The number of carbonyl (C=O) groups is 1. The number of ether oxygens (including phenoxy) is 2. The average Bonchev–Trinajstić information content (AvgIpc) is 2.95. The molecule has 154 valence electrons. The zero-order valence-corrected chi connectivity index (χ0v) is 15.5. The summed E-state index contributed by atoms with van der Waals surface area (Å²) in [5.74, 6) is -1.06. The van der Waals surface area contributed by atoms with Crippen LogP contribution >= 0.6 is 0 Å². The van der Waals surface area contributed by atoms with Gasteiger partial charge in [-0.15, -0.1) is 0 Å². The highest BCUT2D eigenvalue weighted by atomic mass is 19.4. The lowest BCUT2D eigenvalue weighted by atomic mass is 10.1. The summed E-state index contributed by atoms with van der Waals surface area (Å²) in [7, 11) is 0. The van der Waals surface area contributed by atoms with Crippen molar-refractivity contribution in [3.05, 3.63) is 45.6 Å². The summed E-state index contributed by atoms with van der Waals surface area (Å²) in [4.78, 5) is 16.2. The Morgan fingerprint density at radius 2 is 2.00 bits per heavy atom. The van der Waals surface area contributed by atoms with Gasteiger partial charge in [-0.1, -0.05) is 11.2 Å². The Balaban J connectivity index is 2.05. The molecule has 1 aromatic carbocycles. The monoisotopic (exact) mass is 404 g/mol. The van der Waals surface area contributed by atoms with Gasteiger partial charge < -0.3 is 14.4 Å². The van der Waals surface area contributed by atoms with Gasteiger partial charge in [0.05, 0.1) is 30.9 Å². The number of alkyl halides is 3. The Labute approximate surface area is 158 Å². The molecule has 1 aliphatic heterocycles. The summed E-state index contributed by atoms with van der Waals surface area (Å²) in [5, 5.41) is 3.58. The summed E-state index contributed by atoms with van der Waals surface area (Å²) < 4.78 is 62.6. The van der Waals surface area contributed by atoms with E-state index in [0.717, 1.165) is 12.1 Å². The fraction of sp³-hybridized carbons (Fsp3) is 0.588. The van der Waals surface area contributed by atoms with Crippen molar-refractivity contribution in [1.29, 1.82) is 0 Å². The molecule has 2 rings (SSSR count). The Morgan fingerprint density at radius 3 is 2.54 bits per heavy atom. The van der Waals surface area contributed by atoms with E-state index >= 15 is 0 Å². The lowest BCUT2D eigenvalue weighted by molar-refractivity contribution is -0.137. The van der Waals surface area contributed by atoms with E-state index in [4.69, 9.17) is 15.0 Å². The van der Waals surface area contributed by atoms with Crippen LogP contribution in [0.1, 0.15) is 31.9 Å². The number of carbonyl (C=O) groups excluding carboxylic acids is 1. The van der Waals surface area contributed by atoms with Gasteiger partial charge in [0.2, 0.25) is 0 Å². The third-order valence-electron chi connectivity index (χ3n) is 3.92. The first-order chi connectivity index (χ1) is 12.9. The number of benzene rings is 1. The van der Waals surface area contributed by atoms with Gasteiger partial charge in [0.25, 0.3) is 0 Å². The van der Waals surface area contributed by atoms with Crippen LogP contribution in [0.4, 0.5) is 22.4 Å². The standard InChI is InChI=1S/C17H20F4N4O3/c1-16(2,3)28-15(26)25-7-13(23-24-22)14(8-25)27-9-10-4-5-11(6-12(10)18)17(19,20)21/h4-6,13-14H,7-9H2,1-3H3/t13-,14-/m1/s1. The van der Waals surface area contributed by atoms with Gasteiger partial charge >= 0.3 is 12.3 Å². The molecule has 0 saturated carbocycles. The van der Waals surface area contributed by atoms with Gasteiger partial charge in [-0.2, -0.15) is 13.2 Å². The first-order valence-electron chi connectivity index (χ1n) is 8.40. The van der Waals surface area contributed by atoms with E-state index in [1.54, 1.807) is 20.8 Å². The van der Waals surface area contributed by atoms with Crippen LogP contribution in [0, 0.1) is 5.82 Å². The quantitative estimate of drug-likeness (QED) is 0.316. The number of nitrogens with zero attached hydrogens (tertiary/aromatic N) is 4. The van der Waals surface area contributed by atoms with Crippen molar-refractivity contribution in [1.82, 2.24) is 4.90 Å². The van der Waals surface area contributed by atoms with E-state index in [1.807, 2.05) is 0 Å². The molecule has 0 unspecified atom stereocenters. The SMILES string of the molecule is CC(C)(C)OC(=O)N1C[C@@H](N=[N+]=[N-])[C@H](OCc2ccc(C(F)(F)F)cc2F)C1. The molecule has 1 aromatic rings. The number of rotatable bonds is 4. The molecule has 0 bridgehead atoms. The topological polar surface area (TPSA) is 87.5 Å². The number of halogens is 4. The lowest BCUT2D eigenvalue weighted by Crippen LogP contribution is -2.36. The van der Waals surface area contributed by atoms with Crippen molar-refractivity contribution >= 4 is 6.09 Å². The van der Waals surface area contributed by atoms with Crippen molar-refractivity contribution in [2.24, 2.45) is 5.11 Å². The molecule has 2 atom stereocenters. The summed E-state index contributed by atoms with van der Waals surface area (Å²) >= 11 is 0. The minimum Gasteiger partial charge on any atom is -0.444 e. The minimum atomic E-state index is -4.65. The van der Waals surface area contributed by atoms with E-state index in [2.05, 4.69) is 10.0 Å². The molecule has 0 spiro atoms. The average molecular weight is 404 g/mol. The molecular weight excluding hydrogens is 384 g/mol. The van der Waals surface area contributed by atoms with Crippen LogP contribution in [-0.2, 0) is 22.3 Å². The van der Waals surface area contributed by atoms with Gasteiger partial charge in [-0.3, -0.25) is 0 Å². The van der Waals surface area contributed by atoms with E-state index < -0.39 is 41.4 Å².